The number of benzene rings is 1. The molecular weight excluding hydrogens is 340 g/mol. The van der Waals surface area contributed by atoms with Crippen LogP contribution in [-0.4, -0.2) is 16.9 Å². The van der Waals surface area contributed by atoms with E-state index < -0.39 is 0 Å². The van der Waals surface area contributed by atoms with Gasteiger partial charge in [-0.2, -0.15) is 0 Å². The van der Waals surface area contributed by atoms with Crippen LogP contribution in [0.3, 0.4) is 0 Å². The van der Waals surface area contributed by atoms with E-state index in [9.17, 15) is 4.79 Å². The Kier molecular flexibility index (Phi) is 5.12. The minimum atomic E-state index is 0.122. The summed E-state index contributed by atoms with van der Waals surface area (Å²) < 4.78 is 3.25. The Hall–Kier alpha value is -1.55. The molecule has 0 spiro atoms. The molecular formula is C18H23BrN2O. The molecule has 2 rings (SSSR count). The van der Waals surface area contributed by atoms with Crippen molar-refractivity contribution in [3.05, 3.63) is 51.3 Å². The summed E-state index contributed by atoms with van der Waals surface area (Å²) in [5, 5.41) is 3.21. The average Bonchev–Trinajstić information content (AvgIpc) is 2.75. The lowest BCUT2D eigenvalue weighted by atomic mass is 10.1. The summed E-state index contributed by atoms with van der Waals surface area (Å²) in [5.41, 5.74) is 5.11. The third-order valence-corrected chi connectivity index (χ3v) is 4.78. The van der Waals surface area contributed by atoms with Gasteiger partial charge in [0.05, 0.1) is 6.54 Å². The fourth-order valence-corrected chi connectivity index (χ4v) is 3.21. The van der Waals surface area contributed by atoms with Gasteiger partial charge in [-0.1, -0.05) is 22.0 Å². The largest absolute Gasteiger partial charge is 0.378 e. The molecule has 0 aliphatic rings. The highest BCUT2D eigenvalue weighted by atomic mass is 79.9. The van der Waals surface area contributed by atoms with Crippen molar-refractivity contribution in [2.24, 2.45) is 0 Å². The number of Topliss-reactive ketones (excluding diaryl/α,β-unsaturated/α-hetero) is 1. The molecule has 0 fully saturated rings. The molecule has 0 saturated heterocycles. The van der Waals surface area contributed by atoms with Gasteiger partial charge in [0.1, 0.15) is 0 Å². The molecule has 0 radical (unpaired) electrons. The van der Waals surface area contributed by atoms with Gasteiger partial charge in [0.25, 0.3) is 0 Å². The number of carbonyl (C=O) groups is 1. The summed E-state index contributed by atoms with van der Waals surface area (Å²) >= 11 is 3.51. The van der Waals surface area contributed by atoms with E-state index in [-0.39, 0.29) is 5.78 Å². The minimum absolute atomic E-state index is 0.122. The number of anilines is 1. The number of carbonyl (C=O) groups excluding carboxylic acids is 1. The fourth-order valence-electron chi connectivity index (χ4n) is 2.83. The van der Waals surface area contributed by atoms with E-state index in [4.69, 9.17) is 0 Å². The lowest BCUT2D eigenvalue weighted by Gasteiger charge is -2.13. The van der Waals surface area contributed by atoms with Gasteiger partial charge in [-0.25, -0.2) is 0 Å². The summed E-state index contributed by atoms with van der Waals surface area (Å²) in [6.45, 7) is 10.7. The Balaban J connectivity index is 2.13. The first kappa shape index (κ1) is 16.8. The van der Waals surface area contributed by atoms with Crippen LogP contribution in [0.25, 0.3) is 0 Å². The molecule has 118 valence electrons. The quantitative estimate of drug-likeness (QED) is 0.754. The maximum absolute atomic E-state index is 12.5. The molecule has 0 aliphatic carbocycles. The number of rotatable bonds is 5. The first-order valence-electron chi connectivity index (χ1n) is 7.53. The van der Waals surface area contributed by atoms with Gasteiger partial charge in [-0.3, -0.25) is 4.79 Å². The molecule has 0 unspecified atom stereocenters. The van der Waals surface area contributed by atoms with E-state index >= 15 is 0 Å². The van der Waals surface area contributed by atoms with Crippen molar-refractivity contribution in [2.45, 2.75) is 40.7 Å². The SMILES string of the molecule is Cc1ccc(NCC(=O)c2cc(C)n(C(C)C)c2C)cc1Br. The zero-order chi connectivity index (χ0) is 16.4. The van der Waals surface area contributed by atoms with E-state index in [2.05, 4.69) is 39.7 Å². The minimum Gasteiger partial charge on any atom is -0.378 e. The van der Waals surface area contributed by atoms with Gasteiger partial charge in [-0.15, -0.1) is 0 Å². The third kappa shape index (κ3) is 3.43. The number of ketones is 1. The molecule has 22 heavy (non-hydrogen) atoms. The van der Waals surface area contributed by atoms with Gasteiger partial charge >= 0.3 is 0 Å². The van der Waals surface area contributed by atoms with Crippen molar-refractivity contribution in [3.63, 3.8) is 0 Å². The lowest BCUT2D eigenvalue weighted by Crippen LogP contribution is -2.15. The zero-order valence-electron chi connectivity index (χ0n) is 13.8. The molecule has 3 nitrogen and oxygen atoms in total. The highest BCUT2D eigenvalue weighted by Gasteiger charge is 2.16. The first-order valence-corrected chi connectivity index (χ1v) is 8.32. The predicted molar refractivity (Wildman–Crippen MR) is 96.0 cm³/mol. The van der Waals surface area contributed by atoms with E-state index in [1.54, 1.807) is 0 Å². The molecule has 0 atom stereocenters. The number of hydrogen-bond donors (Lipinski definition) is 1. The molecule has 0 aliphatic heterocycles. The van der Waals surface area contributed by atoms with Crippen molar-refractivity contribution < 1.29 is 4.79 Å². The number of halogens is 1. The summed E-state index contributed by atoms with van der Waals surface area (Å²) in [6.07, 6.45) is 0. The Bertz CT molecular complexity index is 701. The molecule has 0 saturated carbocycles. The number of nitrogens with zero attached hydrogens (tertiary/aromatic N) is 1. The zero-order valence-corrected chi connectivity index (χ0v) is 15.4. The lowest BCUT2D eigenvalue weighted by molar-refractivity contribution is 0.101. The van der Waals surface area contributed by atoms with Crippen molar-refractivity contribution in [1.82, 2.24) is 4.57 Å². The summed E-state index contributed by atoms with van der Waals surface area (Å²) in [5.74, 6) is 0.122. The topological polar surface area (TPSA) is 34.0 Å². The van der Waals surface area contributed by atoms with Crippen LogP contribution in [-0.2, 0) is 0 Å². The molecule has 1 aromatic carbocycles. The monoisotopic (exact) mass is 362 g/mol. The highest BCUT2D eigenvalue weighted by Crippen LogP contribution is 2.22. The fraction of sp³-hybridized carbons (Fsp3) is 0.389. The van der Waals surface area contributed by atoms with E-state index in [1.165, 1.54) is 5.56 Å². The number of aryl methyl sites for hydroxylation is 2. The van der Waals surface area contributed by atoms with Crippen LogP contribution in [0.4, 0.5) is 5.69 Å². The predicted octanol–water partition coefficient (Wildman–Crippen LogP) is 5.05. The Morgan fingerprint density at radius 1 is 1.23 bits per heavy atom. The maximum Gasteiger partial charge on any atom is 0.183 e. The Morgan fingerprint density at radius 3 is 2.45 bits per heavy atom. The van der Waals surface area contributed by atoms with Crippen LogP contribution >= 0.6 is 15.9 Å². The number of aromatic nitrogens is 1. The van der Waals surface area contributed by atoms with Crippen molar-refractivity contribution in [2.75, 3.05) is 11.9 Å². The van der Waals surface area contributed by atoms with E-state index in [0.717, 1.165) is 27.1 Å². The summed E-state index contributed by atoms with van der Waals surface area (Å²) in [7, 11) is 0. The van der Waals surface area contributed by atoms with Crippen LogP contribution in [0, 0.1) is 20.8 Å². The number of hydrogen-bond acceptors (Lipinski definition) is 2. The molecule has 0 bridgehead atoms. The molecule has 1 aromatic heterocycles. The number of nitrogens with one attached hydrogen (secondary N) is 1. The normalized spacial score (nSPS) is 11.0. The standard InChI is InChI=1S/C18H23BrN2O/c1-11(2)21-13(4)8-16(14(21)5)18(22)10-20-15-7-6-12(3)17(19)9-15/h6-9,11,20H,10H2,1-5H3. The molecule has 1 N–H and O–H groups in total. The van der Waals surface area contributed by atoms with Crippen LogP contribution in [0.15, 0.2) is 28.7 Å². The molecule has 0 amide bonds. The van der Waals surface area contributed by atoms with Gasteiger partial charge in [0.2, 0.25) is 0 Å². The van der Waals surface area contributed by atoms with Crippen LogP contribution < -0.4 is 5.32 Å². The average molecular weight is 363 g/mol. The Labute approximate surface area is 140 Å². The van der Waals surface area contributed by atoms with E-state index in [1.807, 2.05) is 45.0 Å². The van der Waals surface area contributed by atoms with Crippen molar-refractivity contribution in [3.8, 4) is 0 Å². The first-order chi connectivity index (χ1) is 10.3. The van der Waals surface area contributed by atoms with E-state index in [0.29, 0.717) is 12.6 Å². The summed E-state index contributed by atoms with van der Waals surface area (Å²) in [4.78, 5) is 12.5. The summed E-state index contributed by atoms with van der Waals surface area (Å²) in [6, 6.07) is 8.37. The van der Waals surface area contributed by atoms with Gasteiger partial charge in [0.15, 0.2) is 5.78 Å². The Morgan fingerprint density at radius 2 is 1.91 bits per heavy atom. The van der Waals surface area contributed by atoms with Crippen LogP contribution in [0.5, 0.6) is 0 Å². The smallest absolute Gasteiger partial charge is 0.183 e. The third-order valence-electron chi connectivity index (χ3n) is 3.93. The maximum atomic E-state index is 12.5. The van der Waals surface area contributed by atoms with Crippen LogP contribution in [0.2, 0.25) is 0 Å². The van der Waals surface area contributed by atoms with Gasteiger partial charge in [0, 0.05) is 33.2 Å². The molecule has 1 heterocycles. The highest BCUT2D eigenvalue weighted by molar-refractivity contribution is 9.10. The van der Waals surface area contributed by atoms with Crippen LogP contribution in [0.1, 0.15) is 47.2 Å². The molecule has 4 heteroatoms. The van der Waals surface area contributed by atoms with Crippen molar-refractivity contribution >= 4 is 27.4 Å². The van der Waals surface area contributed by atoms with Crippen molar-refractivity contribution in [1.29, 1.82) is 0 Å². The van der Waals surface area contributed by atoms with Gasteiger partial charge in [-0.05, 0) is 58.4 Å². The van der Waals surface area contributed by atoms with Gasteiger partial charge < -0.3 is 9.88 Å². The second-order valence-corrected chi connectivity index (χ2v) is 6.84. The second kappa shape index (κ2) is 6.69. The molecule has 2 aromatic rings. The second-order valence-electron chi connectivity index (χ2n) is 5.99.